The Kier molecular flexibility index (Phi) is 5.10. The number of carboxylic acids is 1. The van der Waals surface area contributed by atoms with Crippen LogP contribution in [0.1, 0.15) is 32.6 Å². The quantitative estimate of drug-likeness (QED) is 0.525. The summed E-state index contributed by atoms with van der Waals surface area (Å²) < 4.78 is 0. The van der Waals surface area contributed by atoms with E-state index in [4.69, 9.17) is 5.11 Å². The number of carboxylic acid groups (broad SMARTS) is 1. The number of amides is 1. The fourth-order valence-electron chi connectivity index (χ4n) is 2.25. The monoisotopic (exact) mass is 259 g/mol. The molecule has 6 nitrogen and oxygen atoms in total. The summed E-state index contributed by atoms with van der Waals surface area (Å²) in [4.78, 5) is 22.8. The van der Waals surface area contributed by atoms with Crippen LogP contribution in [0.15, 0.2) is 0 Å². The lowest BCUT2D eigenvalue weighted by Crippen LogP contribution is -2.55. The molecule has 1 aliphatic rings. The minimum Gasteiger partial charge on any atom is -0.481 e. The van der Waals surface area contributed by atoms with Crippen molar-refractivity contribution in [3.05, 3.63) is 0 Å². The van der Waals surface area contributed by atoms with E-state index in [1.165, 1.54) is 0 Å². The molecule has 2 unspecified atom stereocenters. The van der Waals surface area contributed by atoms with Gasteiger partial charge in [0.15, 0.2) is 0 Å². The maximum absolute atomic E-state index is 12.0. The zero-order chi connectivity index (χ0) is 13.8. The van der Waals surface area contributed by atoms with E-state index in [2.05, 4.69) is 5.32 Å². The molecule has 0 heterocycles. The van der Waals surface area contributed by atoms with Gasteiger partial charge in [0.1, 0.15) is 0 Å². The molecule has 1 amide bonds. The lowest BCUT2D eigenvalue weighted by molar-refractivity contribution is -0.141. The highest BCUT2D eigenvalue weighted by Gasteiger charge is 2.37. The highest BCUT2D eigenvalue weighted by Crippen LogP contribution is 2.31. The average molecular weight is 259 g/mol. The van der Waals surface area contributed by atoms with Crippen molar-refractivity contribution in [2.75, 3.05) is 13.2 Å². The van der Waals surface area contributed by atoms with Crippen molar-refractivity contribution in [2.45, 2.75) is 38.1 Å². The van der Waals surface area contributed by atoms with Crippen LogP contribution in [0, 0.1) is 11.8 Å². The van der Waals surface area contributed by atoms with Gasteiger partial charge in [-0.25, -0.2) is 0 Å². The van der Waals surface area contributed by atoms with Crippen LogP contribution in [-0.4, -0.2) is 45.9 Å². The minimum atomic E-state index is -1.00. The van der Waals surface area contributed by atoms with Gasteiger partial charge in [0.2, 0.25) is 5.91 Å². The Morgan fingerprint density at radius 1 is 1.22 bits per heavy atom. The number of carbonyl (C=O) groups is 2. The second kappa shape index (κ2) is 6.15. The average Bonchev–Trinajstić information content (AvgIpc) is 2.86. The smallest absolute Gasteiger partial charge is 0.306 e. The first-order valence-corrected chi connectivity index (χ1v) is 6.24. The van der Waals surface area contributed by atoms with Gasteiger partial charge in [-0.3, -0.25) is 9.59 Å². The van der Waals surface area contributed by atoms with Crippen molar-refractivity contribution in [1.82, 2.24) is 5.32 Å². The van der Waals surface area contributed by atoms with Crippen molar-refractivity contribution in [3.63, 3.8) is 0 Å². The molecule has 0 saturated heterocycles. The van der Waals surface area contributed by atoms with E-state index in [-0.39, 0.29) is 25.0 Å². The van der Waals surface area contributed by atoms with E-state index >= 15 is 0 Å². The lowest BCUT2D eigenvalue weighted by Gasteiger charge is -2.31. The standard InChI is InChI=1S/C12H21NO5/c1-2-12(6-14,7-15)13-10(16)8-3-4-9(5-8)11(17)18/h8-9,14-15H,2-7H2,1H3,(H,13,16)(H,17,18). The molecule has 18 heavy (non-hydrogen) atoms. The van der Waals surface area contributed by atoms with Crippen LogP contribution in [0.5, 0.6) is 0 Å². The number of nitrogens with one attached hydrogen (secondary N) is 1. The zero-order valence-corrected chi connectivity index (χ0v) is 10.6. The molecule has 2 atom stereocenters. The van der Waals surface area contributed by atoms with Gasteiger partial charge in [-0.05, 0) is 25.7 Å². The topological polar surface area (TPSA) is 107 Å². The van der Waals surface area contributed by atoms with E-state index in [1.807, 2.05) is 0 Å². The van der Waals surface area contributed by atoms with Crippen LogP contribution in [0.3, 0.4) is 0 Å². The van der Waals surface area contributed by atoms with E-state index in [0.29, 0.717) is 25.7 Å². The number of hydrogen-bond acceptors (Lipinski definition) is 4. The van der Waals surface area contributed by atoms with E-state index in [9.17, 15) is 19.8 Å². The summed E-state index contributed by atoms with van der Waals surface area (Å²) in [5.41, 5.74) is -1.00. The van der Waals surface area contributed by atoms with E-state index in [0.717, 1.165) is 0 Å². The lowest BCUT2D eigenvalue weighted by atomic mass is 9.96. The van der Waals surface area contributed by atoms with Crippen molar-refractivity contribution < 1.29 is 24.9 Å². The van der Waals surface area contributed by atoms with Crippen molar-refractivity contribution in [1.29, 1.82) is 0 Å². The molecule has 0 aromatic carbocycles. The molecule has 4 N–H and O–H groups in total. The van der Waals surface area contributed by atoms with Gasteiger partial charge in [0.05, 0.1) is 24.7 Å². The summed E-state index contributed by atoms with van der Waals surface area (Å²) >= 11 is 0. The largest absolute Gasteiger partial charge is 0.481 e. The maximum atomic E-state index is 12.0. The highest BCUT2D eigenvalue weighted by atomic mass is 16.4. The molecule has 0 aliphatic heterocycles. The first-order chi connectivity index (χ1) is 8.48. The minimum absolute atomic E-state index is 0.274. The molecule has 6 heteroatoms. The Hall–Kier alpha value is -1.14. The summed E-state index contributed by atoms with van der Waals surface area (Å²) in [6.07, 6.45) is 1.79. The molecule has 1 rings (SSSR count). The molecule has 0 radical (unpaired) electrons. The van der Waals surface area contributed by atoms with E-state index in [1.54, 1.807) is 6.92 Å². The molecular weight excluding hydrogens is 238 g/mol. The van der Waals surface area contributed by atoms with Crippen LogP contribution >= 0.6 is 0 Å². The van der Waals surface area contributed by atoms with E-state index < -0.39 is 17.4 Å². The second-order valence-corrected chi connectivity index (χ2v) is 4.98. The molecule has 1 aliphatic carbocycles. The Balaban J connectivity index is 2.58. The van der Waals surface area contributed by atoms with Gasteiger partial charge in [0.25, 0.3) is 0 Å². The molecule has 104 valence electrons. The summed E-state index contributed by atoms with van der Waals surface area (Å²) in [6, 6.07) is 0. The normalized spacial score (nSPS) is 23.9. The number of aliphatic hydroxyl groups is 2. The summed E-state index contributed by atoms with van der Waals surface area (Å²) in [7, 11) is 0. The SMILES string of the molecule is CCC(CO)(CO)NC(=O)C1CCC(C(=O)O)C1. The fraction of sp³-hybridized carbons (Fsp3) is 0.833. The van der Waals surface area contributed by atoms with Gasteiger partial charge in [-0.2, -0.15) is 0 Å². The Morgan fingerprint density at radius 3 is 2.17 bits per heavy atom. The summed E-state index contributed by atoms with van der Waals surface area (Å²) in [6.45, 7) is 1.10. The molecule has 0 aromatic heterocycles. The van der Waals surface area contributed by atoms with Gasteiger partial charge < -0.3 is 20.6 Å². The first kappa shape index (κ1) is 14.9. The highest BCUT2D eigenvalue weighted by molar-refractivity contribution is 5.81. The predicted molar refractivity (Wildman–Crippen MR) is 63.8 cm³/mol. The van der Waals surface area contributed by atoms with Gasteiger partial charge in [0, 0.05) is 5.92 Å². The number of carbonyl (C=O) groups excluding carboxylic acids is 1. The van der Waals surface area contributed by atoms with Crippen molar-refractivity contribution in [2.24, 2.45) is 11.8 Å². The molecule has 0 bridgehead atoms. The van der Waals surface area contributed by atoms with Crippen LogP contribution < -0.4 is 5.32 Å². The summed E-state index contributed by atoms with van der Waals surface area (Å²) in [5.74, 6) is -1.93. The van der Waals surface area contributed by atoms with Crippen molar-refractivity contribution >= 4 is 11.9 Å². The van der Waals surface area contributed by atoms with Gasteiger partial charge in [-0.15, -0.1) is 0 Å². The predicted octanol–water partition coefficient (Wildman–Crippen LogP) is -0.263. The summed E-state index contributed by atoms with van der Waals surface area (Å²) in [5, 5.41) is 30.0. The number of aliphatic carboxylic acids is 1. The Labute approximate surface area is 106 Å². The van der Waals surface area contributed by atoms with Crippen LogP contribution in [-0.2, 0) is 9.59 Å². The Morgan fingerprint density at radius 2 is 1.78 bits per heavy atom. The molecule has 0 aromatic rings. The molecule has 1 saturated carbocycles. The number of aliphatic hydroxyl groups excluding tert-OH is 2. The van der Waals surface area contributed by atoms with Crippen LogP contribution in [0.4, 0.5) is 0 Å². The molecule has 1 fully saturated rings. The zero-order valence-electron chi connectivity index (χ0n) is 10.6. The number of hydrogen-bond donors (Lipinski definition) is 4. The third kappa shape index (κ3) is 3.20. The van der Waals surface area contributed by atoms with Crippen molar-refractivity contribution in [3.8, 4) is 0 Å². The molecule has 0 spiro atoms. The van der Waals surface area contributed by atoms with Crippen LogP contribution in [0.2, 0.25) is 0 Å². The molecular formula is C12H21NO5. The van der Waals surface area contributed by atoms with Gasteiger partial charge in [-0.1, -0.05) is 6.92 Å². The van der Waals surface area contributed by atoms with Gasteiger partial charge >= 0.3 is 5.97 Å². The first-order valence-electron chi connectivity index (χ1n) is 6.24. The Bertz CT molecular complexity index is 305. The maximum Gasteiger partial charge on any atom is 0.306 e. The third-order valence-electron chi connectivity index (χ3n) is 3.82. The third-order valence-corrected chi connectivity index (χ3v) is 3.82. The van der Waals surface area contributed by atoms with Crippen LogP contribution in [0.25, 0.3) is 0 Å². The second-order valence-electron chi connectivity index (χ2n) is 4.98. The number of rotatable bonds is 6. The fourth-order valence-corrected chi connectivity index (χ4v) is 2.25.